The fraction of sp³-hybridized carbons (Fsp3) is 0.211. The van der Waals surface area contributed by atoms with Crippen LogP contribution in [0.25, 0.3) is 0 Å². The second-order valence-electron chi connectivity index (χ2n) is 5.14. The minimum absolute atomic E-state index is 0.120. The summed E-state index contributed by atoms with van der Waals surface area (Å²) >= 11 is 0. The van der Waals surface area contributed by atoms with Gasteiger partial charge in [-0.3, -0.25) is 4.79 Å². The van der Waals surface area contributed by atoms with Gasteiger partial charge in [0, 0.05) is 30.2 Å². The van der Waals surface area contributed by atoms with Gasteiger partial charge in [0.2, 0.25) is 0 Å². The maximum absolute atomic E-state index is 11.5. The van der Waals surface area contributed by atoms with Gasteiger partial charge in [0.1, 0.15) is 0 Å². The standard InChI is InChI=1S/C19H19NO3/c1-20-19(23)17-10-8-15(9-11-17)3-2-14-4-6-16(7-5-14)12-18(22)13-21/h4-11,18,21-22H,12-13H2,1H3,(H,20,23). The molecular weight excluding hydrogens is 290 g/mol. The molecule has 0 aromatic heterocycles. The third kappa shape index (κ3) is 4.96. The molecule has 0 radical (unpaired) electrons. The summed E-state index contributed by atoms with van der Waals surface area (Å²) in [7, 11) is 1.60. The van der Waals surface area contributed by atoms with Gasteiger partial charge in [0.05, 0.1) is 12.7 Å². The van der Waals surface area contributed by atoms with E-state index in [4.69, 9.17) is 5.11 Å². The highest BCUT2D eigenvalue weighted by molar-refractivity contribution is 5.94. The summed E-state index contributed by atoms with van der Waals surface area (Å²) in [6, 6.07) is 14.6. The second kappa shape index (κ2) is 8.14. The molecule has 4 nitrogen and oxygen atoms in total. The van der Waals surface area contributed by atoms with Crippen LogP contribution < -0.4 is 5.32 Å². The molecule has 1 atom stereocenters. The molecule has 0 heterocycles. The van der Waals surface area contributed by atoms with E-state index in [-0.39, 0.29) is 12.5 Å². The first kappa shape index (κ1) is 16.8. The van der Waals surface area contributed by atoms with Crippen LogP contribution in [0.4, 0.5) is 0 Å². The highest BCUT2D eigenvalue weighted by Gasteiger charge is 2.03. The van der Waals surface area contributed by atoms with Crippen LogP contribution in [0, 0.1) is 11.8 Å². The van der Waals surface area contributed by atoms with Crippen LogP contribution >= 0.6 is 0 Å². The van der Waals surface area contributed by atoms with Crippen LogP contribution in [-0.2, 0) is 6.42 Å². The number of aliphatic hydroxyl groups is 2. The third-order valence-corrected chi connectivity index (χ3v) is 3.36. The van der Waals surface area contributed by atoms with E-state index in [2.05, 4.69) is 17.2 Å². The lowest BCUT2D eigenvalue weighted by Gasteiger charge is -2.06. The van der Waals surface area contributed by atoms with E-state index < -0.39 is 6.10 Å². The molecule has 0 aliphatic heterocycles. The Balaban J connectivity index is 2.05. The van der Waals surface area contributed by atoms with Crippen LogP contribution in [0.15, 0.2) is 48.5 Å². The van der Waals surface area contributed by atoms with Gasteiger partial charge in [-0.25, -0.2) is 0 Å². The first-order valence-electron chi connectivity index (χ1n) is 7.34. The van der Waals surface area contributed by atoms with Crippen molar-refractivity contribution in [3.8, 4) is 11.8 Å². The van der Waals surface area contributed by atoms with Crippen molar-refractivity contribution in [1.82, 2.24) is 5.32 Å². The van der Waals surface area contributed by atoms with Crippen molar-refractivity contribution in [2.45, 2.75) is 12.5 Å². The Bertz CT molecular complexity index is 709. The summed E-state index contributed by atoms with van der Waals surface area (Å²) in [5, 5.41) is 20.8. The summed E-state index contributed by atoms with van der Waals surface area (Å²) in [5.74, 6) is 5.98. The summed E-state index contributed by atoms with van der Waals surface area (Å²) in [4.78, 5) is 11.5. The van der Waals surface area contributed by atoms with E-state index in [9.17, 15) is 9.90 Å². The number of hydrogen-bond donors (Lipinski definition) is 3. The van der Waals surface area contributed by atoms with Gasteiger partial charge in [-0.05, 0) is 42.0 Å². The zero-order chi connectivity index (χ0) is 16.7. The summed E-state index contributed by atoms with van der Waals surface area (Å²) in [6.45, 7) is -0.242. The van der Waals surface area contributed by atoms with Gasteiger partial charge in [-0.2, -0.15) is 0 Å². The number of aliphatic hydroxyl groups excluding tert-OH is 2. The van der Waals surface area contributed by atoms with Gasteiger partial charge in [-0.1, -0.05) is 24.0 Å². The first-order chi connectivity index (χ1) is 11.1. The number of benzene rings is 2. The lowest BCUT2D eigenvalue weighted by atomic mass is 10.1. The maximum Gasteiger partial charge on any atom is 0.251 e. The SMILES string of the molecule is CNC(=O)c1ccc(C#Cc2ccc(CC(O)CO)cc2)cc1. The molecule has 1 amide bonds. The number of rotatable bonds is 4. The summed E-state index contributed by atoms with van der Waals surface area (Å²) in [6.07, 6.45) is -0.309. The highest BCUT2D eigenvalue weighted by atomic mass is 16.3. The predicted molar refractivity (Wildman–Crippen MR) is 89.1 cm³/mol. The molecule has 23 heavy (non-hydrogen) atoms. The van der Waals surface area contributed by atoms with Crippen molar-refractivity contribution in [3.05, 3.63) is 70.8 Å². The fourth-order valence-corrected chi connectivity index (χ4v) is 2.05. The normalized spacial score (nSPS) is 11.3. The quantitative estimate of drug-likeness (QED) is 0.747. The van der Waals surface area contributed by atoms with Crippen LogP contribution in [0.2, 0.25) is 0 Å². The zero-order valence-corrected chi connectivity index (χ0v) is 12.9. The van der Waals surface area contributed by atoms with Crippen molar-refractivity contribution >= 4 is 5.91 Å². The average molecular weight is 309 g/mol. The van der Waals surface area contributed by atoms with Gasteiger partial charge >= 0.3 is 0 Å². The lowest BCUT2D eigenvalue weighted by molar-refractivity contribution is 0.0954. The number of nitrogens with one attached hydrogen (secondary N) is 1. The Morgan fingerprint density at radius 2 is 1.57 bits per heavy atom. The molecule has 3 N–H and O–H groups in total. The molecular formula is C19H19NO3. The van der Waals surface area contributed by atoms with Crippen molar-refractivity contribution < 1.29 is 15.0 Å². The molecule has 0 spiro atoms. The van der Waals surface area contributed by atoms with Crippen LogP contribution in [0.5, 0.6) is 0 Å². The Morgan fingerprint density at radius 1 is 1.04 bits per heavy atom. The number of hydrogen-bond acceptors (Lipinski definition) is 3. The lowest BCUT2D eigenvalue weighted by Crippen LogP contribution is -2.17. The highest BCUT2D eigenvalue weighted by Crippen LogP contribution is 2.07. The second-order valence-corrected chi connectivity index (χ2v) is 5.14. The number of carbonyl (C=O) groups is 1. The molecule has 0 bridgehead atoms. The summed E-state index contributed by atoms with van der Waals surface area (Å²) < 4.78 is 0. The number of carbonyl (C=O) groups excluding carboxylic acids is 1. The Kier molecular flexibility index (Phi) is 5.93. The van der Waals surface area contributed by atoms with Gasteiger partial charge < -0.3 is 15.5 Å². The monoisotopic (exact) mass is 309 g/mol. The van der Waals surface area contributed by atoms with Crippen molar-refractivity contribution in [2.75, 3.05) is 13.7 Å². The maximum atomic E-state index is 11.5. The molecule has 1 unspecified atom stereocenters. The predicted octanol–water partition coefficient (Wildman–Crippen LogP) is 1.34. The third-order valence-electron chi connectivity index (χ3n) is 3.36. The van der Waals surface area contributed by atoms with Gasteiger partial charge in [0.25, 0.3) is 5.91 Å². The van der Waals surface area contributed by atoms with E-state index in [1.165, 1.54) is 0 Å². The van der Waals surface area contributed by atoms with E-state index in [0.717, 1.165) is 16.7 Å². The molecule has 0 aliphatic rings. The van der Waals surface area contributed by atoms with E-state index in [0.29, 0.717) is 12.0 Å². The van der Waals surface area contributed by atoms with Crippen molar-refractivity contribution in [3.63, 3.8) is 0 Å². The average Bonchev–Trinajstić information content (AvgIpc) is 2.60. The molecule has 0 aliphatic carbocycles. The van der Waals surface area contributed by atoms with Gasteiger partial charge in [0.15, 0.2) is 0 Å². The molecule has 0 saturated carbocycles. The van der Waals surface area contributed by atoms with Crippen LogP contribution in [-0.4, -0.2) is 35.9 Å². The molecule has 2 aromatic carbocycles. The Labute approximate surface area is 135 Å². The van der Waals surface area contributed by atoms with E-state index in [1.54, 1.807) is 19.2 Å². The largest absolute Gasteiger partial charge is 0.394 e. The first-order valence-corrected chi connectivity index (χ1v) is 7.34. The van der Waals surface area contributed by atoms with Crippen LogP contribution in [0.1, 0.15) is 27.0 Å². The Morgan fingerprint density at radius 3 is 2.04 bits per heavy atom. The molecule has 0 fully saturated rings. The van der Waals surface area contributed by atoms with Crippen molar-refractivity contribution in [1.29, 1.82) is 0 Å². The minimum Gasteiger partial charge on any atom is -0.394 e. The smallest absolute Gasteiger partial charge is 0.251 e. The summed E-state index contributed by atoms with van der Waals surface area (Å²) in [5.41, 5.74) is 3.25. The number of amides is 1. The topological polar surface area (TPSA) is 69.6 Å². The van der Waals surface area contributed by atoms with Gasteiger partial charge in [-0.15, -0.1) is 0 Å². The molecule has 118 valence electrons. The molecule has 2 rings (SSSR count). The van der Waals surface area contributed by atoms with E-state index in [1.807, 2.05) is 36.4 Å². The minimum atomic E-state index is -0.731. The molecule has 4 heteroatoms. The fourth-order valence-electron chi connectivity index (χ4n) is 2.05. The van der Waals surface area contributed by atoms with Crippen LogP contribution in [0.3, 0.4) is 0 Å². The molecule has 0 saturated heterocycles. The Hall–Kier alpha value is -2.61. The zero-order valence-electron chi connectivity index (χ0n) is 12.9. The molecule has 2 aromatic rings. The van der Waals surface area contributed by atoms with E-state index >= 15 is 0 Å². The van der Waals surface area contributed by atoms with Crippen molar-refractivity contribution in [2.24, 2.45) is 0 Å².